The number of esters is 2. The molecular formula is C32H53KO7S. The van der Waals surface area contributed by atoms with Gasteiger partial charge in [-0.2, -0.15) is 0 Å². The third kappa shape index (κ3) is 21.1. The molecule has 1 atom stereocenters. The van der Waals surface area contributed by atoms with Crippen molar-refractivity contribution in [3.05, 3.63) is 35.4 Å². The van der Waals surface area contributed by atoms with E-state index in [1.165, 1.54) is 127 Å². The van der Waals surface area contributed by atoms with Crippen molar-refractivity contribution in [1.82, 2.24) is 0 Å². The summed E-state index contributed by atoms with van der Waals surface area (Å²) in [5, 5.41) is 0. The van der Waals surface area contributed by atoms with E-state index in [2.05, 4.69) is 6.92 Å². The number of benzene rings is 1. The van der Waals surface area contributed by atoms with Gasteiger partial charge in [-0.1, -0.05) is 141 Å². The zero-order valence-corrected chi connectivity index (χ0v) is 29.9. The van der Waals surface area contributed by atoms with Gasteiger partial charge in [-0.3, -0.25) is 0 Å². The molecule has 0 heterocycles. The number of hydrogen-bond acceptors (Lipinski definition) is 7. The standard InChI is InChI=1S/C32H54O7S.K/c1-3-4-5-6-7-8-9-10-11-12-13-14-15-16-17-18-19-20-21-24-27-38-31(33)29-25-22-23-26-30(29)32(34)39-28(2)40(35,36)37;/h22-23,25-26,28H,3-21,24,27H2,1-2H3,(H,35,36,37);/q;+1/p-1. The van der Waals surface area contributed by atoms with Crippen LogP contribution in [0.15, 0.2) is 24.3 Å². The third-order valence-electron chi connectivity index (χ3n) is 7.28. The SMILES string of the molecule is CCCCCCCCCCCCCCCCCCCCCCOC(=O)c1ccccc1C(=O)OC(C)S(=O)(=O)[O-].[K+]. The fourth-order valence-electron chi connectivity index (χ4n) is 4.71. The van der Waals surface area contributed by atoms with Gasteiger partial charge in [0.1, 0.15) is 10.1 Å². The van der Waals surface area contributed by atoms with Crippen LogP contribution >= 0.6 is 0 Å². The molecule has 1 unspecified atom stereocenters. The predicted octanol–water partition coefficient (Wildman–Crippen LogP) is 5.72. The Morgan fingerprint density at radius 1 is 0.659 bits per heavy atom. The van der Waals surface area contributed by atoms with Crippen molar-refractivity contribution in [2.45, 2.75) is 148 Å². The first-order valence-electron chi connectivity index (χ1n) is 15.7. The van der Waals surface area contributed by atoms with Gasteiger partial charge in [0.25, 0.3) is 0 Å². The van der Waals surface area contributed by atoms with Crippen molar-refractivity contribution in [2.24, 2.45) is 0 Å². The van der Waals surface area contributed by atoms with Crippen LogP contribution in [-0.2, 0) is 19.6 Å². The van der Waals surface area contributed by atoms with Crippen molar-refractivity contribution in [3.8, 4) is 0 Å². The van der Waals surface area contributed by atoms with E-state index in [9.17, 15) is 22.6 Å². The second kappa shape index (κ2) is 26.1. The maximum atomic E-state index is 12.4. The normalized spacial score (nSPS) is 12.0. The molecule has 0 aliphatic heterocycles. The van der Waals surface area contributed by atoms with E-state index < -0.39 is 27.5 Å². The van der Waals surface area contributed by atoms with Crippen LogP contribution < -0.4 is 51.4 Å². The molecule has 0 saturated carbocycles. The van der Waals surface area contributed by atoms with Gasteiger partial charge in [0, 0.05) is 0 Å². The van der Waals surface area contributed by atoms with Gasteiger partial charge in [-0.05, 0) is 25.5 Å². The molecule has 0 saturated heterocycles. The van der Waals surface area contributed by atoms with Crippen LogP contribution in [0.2, 0.25) is 0 Å². The molecule has 0 amide bonds. The Kier molecular flexibility index (Phi) is 26.0. The molecule has 0 N–H and O–H groups in total. The first-order chi connectivity index (χ1) is 19.3. The number of ether oxygens (including phenoxy) is 2. The average Bonchev–Trinajstić information content (AvgIpc) is 2.93. The minimum absolute atomic E-state index is 0. The Hall–Kier alpha value is -0.294. The minimum atomic E-state index is -4.79. The van der Waals surface area contributed by atoms with Crippen molar-refractivity contribution in [1.29, 1.82) is 0 Å². The van der Waals surface area contributed by atoms with E-state index in [1.54, 1.807) is 6.07 Å². The monoisotopic (exact) mass is 620 g/mol. The van der Waals surface area contributed by atoms with Crippen molar-refractivity contribution in [3.63, 3.8) is 0 Å². The molecule has 0 fully saturated rings. The molecular weight excluding hydrogens is 568 g/mol. The molecule has 0 spiro atoms. The van der Waals surface area contributed by atoms with Gasteiger partial charge >= 0.3 is 63.3 Å². The summed E-state index contributed by atoms with van der Waals surface area (Å²) in [5.74, 6) is -1.73. The second-order valence-electron chi connectivity index (χ2n) is 10.9. The quantitative estimate of drug-likeness (QED) is 0.0595. The van der Waals surface area contributed by atoms with E-state index in [0.29, 0.717) is 0 Å². The van der Waals surface area contributed by atoms with Crippen LogP contribution in [0.4, 0.5) is 0 Å². The molecule has 1 aromatic carbocycles. The summed E-state index contributed by atoms with van der Waals surface area (Å²) in [4.78, 5) is 24.7. The van der Waals surface area contributed by atoms with E-state index >= 15 is 0 Å². The molecule has 0 aliphatic carbocycles. The van der Waals surface area contributed by atoms with Gasteiger partial charge in [0.15, 0.2) is 5.44 Å². The van der Waals surface area contributed by atoms with Crippen molar-refractivity contribution in [2.75, 3.05) is 6.61 Å². The summed E-state index contributed by atoms with van der Waals surface area (Å²) in [5.41, 5.74) is -2.00. The smallest absolute Gasteiger partial charge is 0.745 e. The molecule has 230 valence electrons. The summed E-state index contributed by atoms with van der Waals surface area (Å²) in [7, 11) is -4.79. The van der Waals surface area contributed by atoms with Gasteiger partial charge in [-0.25, -0.2) is 18.0 Å². The molecule has 9 heteroatoms. The van der Waals surface area contributed by atoms with Crippen molar-refractivity contribution < 1.29 is 83.4 Å². The van der Waals surface area contributed by atoms with Gasteiger partial charge in [0.05, 0.1) is 17.7 Å². The Labute approximate surface area is 292 Å². The molecule has 1 aromatic rings. The Morgan fingerprint density at radius 2 is 1.00 bits per heavy atom. The zero-order valence-electron chi connectivity index (χ0n) is 26.0. The summed E-state index contributed by atoms with van der Waals surface area (Å²) in [6.45, 7) is 3.49. The molecule has 0 bridgehead atoms. The summed E-state index contributed by atoms with van der Waals surface area (Å²) >= 11 is 0. The Balaban J connectivity index is 0.0000160. The third-order valence-corrected chi connectivity index (χ3v) is 8.19. The van der Waals surface area contributed by atoms with Gasteiger partial charge < -0.3 is 14.0 Å². The van der Waals surface area contributed by atoms with Crippen LogP contribution in [0.3, 0.4) is 0 Å². The molecule has 0 aromatic heterocycles. The van der Waals surface area contributed by atoms with Crippen LogP contribution in [-0.4, -0.2) is 37.0 Å². The van der Waals surface area contributed by atoms with E-state index in [4.69, 9.17) is 9.47 Å². The van der Waals surface area contributed by atoms with Gasteiger partial charge in [0.2, 0.25) is 0 Å². The van der Waals surface area contributed by atoms with Crippen LogP contribution in [0.5, 0.6) is 0 Å². The number of hydrogen-bond donors (Lipinski definition) is 0. The first kappa shape index (κ1) is 40.7. The minimum Gasteiger partial charge on any atom is -0.745 e. The number of carbonyl (C=O) groups excluding carboxylic acids is 2. The topological polar surface area (TPSA) is 110 Å². The first-order valence-corrected chi connectivity index (χ1v) is 17.2. The fourth-order valence-corrected chi connectivity index (χ4v) is 4.92. The Bertz CT molecular complexity index is 920. The number of rotatable bonds is 25. The van der Waals surface area contributed by atoms with E-state index in [-0.39, 0.29) is 69.1 Å². The molecule has 7 nitrogen and oxygen atoms in total. The predicted molar refractivity (Wildman–Crippen MR) is 159 cm³/mol. The van der Waals surface area contributed by atoms with E-state index in [1.807, 2.05) is 0 Å². The summed E-state index contributed by atoms with van der Waals surface area (Å²) in [6.07, 6.45) is 25.9. The van der Waals surface area contributed by atoms with Gasteiger partial charge in [-0.15, -0.1) is 0 Å². The largest absolute Gasteiger partial charge is 1.00 e. The molecule has 0 aliphatic rings. The number of unbranched alkanes of at least 4 members (excludes halogenated alkanes) is 19. The van der Waals surface area contributed by atoms with Crippen LogP contribution in [0.1, 0.15) is 163 Å². The summed E-state index contributed by atoms with van der Waals surface area (Å²) in [6, 6.07) is 5.83. The number of carbonyl (C=O) groups is 2. The molecule has 41 heavy (non-hydrogen) atoms. The maximum absolute atomic E-state index is 12.4. The van der Waals surface area contributed by atoms with E-state index in [0.717, 1.165) is 26.2 Å². The van der Waals surface area contributed by atoms with Crippen LogP contribution in [0.25, 0.3) is 0 Å². The second-order valence-corrected chi connectivity index (χ2v) is 12.5. The average molecular weight is 621 g/mol. The fraction of sp³-hybridized carbons (Fsp3) is 0.750. The maximum Gasteiger partial charge on any atom is 1.00 e. The Morgan fingerprint density at radius 3 is 1.37 bits per heavy atom. The van der Waals surface area contributed by atoms with Crippen LogP contribution in [0, 0.1) is 0 Å². The molecule has 1 rings (SSSR count). The zero-order chi connectivity index (χ0) is 29.5. The molecule has 0 radical (unpaired) electrons. The van der Waals surface area contributed by atoms with Crippen molar-refractivity contribution >= 4 is 22.1 Å². The summed E-state index contributed by atoms with van der Waals surface area (Å²) < 4.78 is 43.0.